The zero-order chi connectivity index (χ0) is 13.1. The number of nitrogen functional groups attached to an aromatic ring is 1. The number of hydrogen-bond donors (Lipinski definition) is 2. The molecule has 18 heavy (non-hydrogen) atoms. The molecule has 1 aromatic carbocycles. The van der Waals surface area contributed by atoms with Gasteiger partial charge in [-0.25, -0.2) is 4.79 Å². The zero-order valence-corrected chi connectivity index (χ0v) is 9.77. The Morgan fingerprint density at radius 3 is 2.61 bits per heavy atom. The van der Waals surface area contributed by atoms with Crippen LogP contribution in [-0.2, 0) is 0 Å². The summed E-state index contributed by atoms with van der Waals surface area (Å²) in [5.74, 6) is -0.128. The predicted octanol–water partition coefficient (Wildman–Crippen LogP) is 1.78. The Kier molecular flexibility index (Phi) is 3.14. The Labute approximate surface area is 103 Å². The standard InChI is InChI=1S/C13H12N2O3/c1-8-10(7-11(14)13(17)18-8)12(16)15-9-5-3-2-4-6-9/h2-7H,14H2,1H3,(H,15,16). The van der Waals surface area contributed by atoms with E-state index in [9.17, 15) is 9.59 Å². The molecule has 0 fully saturated rings. The summed E-state index contributed by atoms with van der Waals surface area (Å²) < 4.78 is 4.86. The van der Waals surface area contributed by atoms with Gasteiger partial charge in [-0.2, -0.15) is 0 Å². The van der Waals surface area contributed by atoms with E-state index < -0.39 is 5.63 Å². The highest BCUT2D eigenvalue weighted by Crippen LogP contribution is 2.12. The number of carbonyl (C=O) groups is 1. The maximum absolute atomic E-state index is 12.0. The lowest BCUT2D eigenvalue weighted by Crippen LogP contribution is -2.17. The van der Waals surface area contributed by atoms with E-state index in [1.807, 2.05) is 18.2 Å². The number of para-hydroxylation sites is 1. The summed E-state index contributed by atoms with van der Waals surface area (Å²) in [4.78, 5) is 23.1. The molecule has 1 aromatic heterocycles. The summed E-state index contributed by atoms with van der Waals surface area (Å²) in [5.41, 5.74) is 5.62. The molecular weight excluding hydrogens is 232 g/mol. The molecule has 3 N–H and O–H groups in total. The monoisotopic (exact) mass is 244 g/mol. The van der Waals surface area contributed by atoms with Crippen molar-refractivity contribution in [2.75, 3.05) is 11.1 Å². The van der Waals surface area contributed by atoms with Gasteiger partial charge >= 0.3 is 5.63 Å². The van der Waals surface area contributed by atoms with Crippen LogP contribution in [0.15, 0.2) is 45.6 Å². The van der Waals surface area contributed by atoms with Gasteiger partial charge in [-0.3, -0.25) is 4.79 Å². The zero-order valence-electron chi connectivity index (χ0n) is 9.77. The molecule has 5 nitrogen and oxygen atoms in total. The van der Waals surface area contributed by atoms with E-state index in [2.05, 4.69) is 5.32 Å². The minimum atomic E-state index is -0.635. The number of rotatable bonds is 2. The second-order valence-electron chi connectivity index (χ2n) is 3.78. The minimum Gasteiger partial charge on any atom is -0.426 e. The topological polar surface area (TPSA) is 85.3 Å². The molecule has 0 radical (unpaired) electrons. The van der Waals surface area contributed by atoms with Crippen LogP contribution in [0.2, 0.25) is 0 Å². The van der Waals surface area contributed by atoms with Crippen molar-refractivity contribution in [1.82, 2.24) is 0 Å². The van der Waals surface area contributed by atoms with Gasteiger partial charge in [0.2, 0.25) is 0 Å². The van der Waals surface area contributed by atoms with Gasteiger partial charge in [-0.15, -0.1) is 0 Å². The molecular formula is C13H12N2O3. The van der Waals surface area contributed by atoms with E-state index >= 15 is 0 Å². The first-order valence-corrected chi connectivity index (χ1v) is 5.34. The van der Waals surface area contributed by atoms with Crippen molar-refractivity contribution < 1.29 is 9.21 Å². The van der Waals surface area contributed by atoms with Crippen molar-refractivity contribution in [2.24, 2.45) is 0 Å². The number of carbonyl (C=O) groups excluding carboxylic acids is 1. The molecule has 0 aliphatic rings. The highest BCUT2D eigenvalue weighted by Gasteiger charge is 2.13. The van der Waals surface area contributed by atoms with Gasteiger partial charge in [-0.05, 0) is 25.1 Å². The average Bonchev–Trinajstić information content (AvgIpc) is 2.35. The Balaban J connectivity index is 2.30. The molecule has 0 aliphatic carbocycles. The van der Waals surface area contributed by atoms with Gasteiger partial charge in [-0.1, -0.05) is 18.2 Å². The van der Waals surface area contributed by atoms with Crippen molar-refractivity contribution in [3.05, 3.63) is 58.1 Å². The van der Waals surface area contributed by atoms with Crippen molar-refractivity contribution >= 4 is 17.3 Å². The number of nitrogens with one attached hydrogen (secondary N) is 1. The maximum Gasteiger partial charge on any atom is 0.359 e. The molecule has 2 rings (SSSR count). The van der Waals surface area contributed by atoms with Gasteiger partial charge in [0.25, 0.3) is 5.91 Å². The fourth-order valence-electron chi connectivity index (χ4n) is 1.51. The molecule has 0 aliphatic heterocycles. The van der Waals surface area contributed by atoms with Crippen LogP contribution >= 0.6 is 0 Å². The molecule has 1 amide bonds. The first kappa shape index (κ1) is 11.9. The van der Waals surface area contributed by atoms with E-state index in [4.69, 9.17) is 10.2 Å². The third-order valence-electron chi connectivity index (χ3n) is 2.44. The summed E-state index contributed by atoms with van der Waals surface area (Å²) in [5, 5.41) is 2.69. The summed E-state index contributed by atoms with van der Waals surface area (Å²) in [6, 6.07) is 10.3. The van der Waals surface area contributed by atoms with Gasteiger partial charge in [0.1, 0.15) is 11.4 Å². The smallest absolute Gasteiger partial charge is 0.359 e. The summed E-state index contributed by atoms with van der Waals surface area (Å²) in [7, 11) is 0. The van der Waals surface area contributed by atoms with E-state index in [0.29, 0.717) is 5.69 Å². The molecule has 0 saturated heterocycles. The van der Waals surface area contributed by atoms with Crippen LogP contribution in [-0.4, -0.2) is 5.91 Å². The Morgan fingerprint density at radius 1 is 1.28 bits per heavy atom. The summed E-state index contributed by atoms with van der Waals surface area (Å²) in [6.45, 7) is 1.54. The van der Waals surface area contributed by atoms with Crippen LogP contribution in [0, 0.1) is 6.92 Å². The lowest BCUT2D eigenvalue weighted by atomic mass is 10.2. The minimum absolute atomic E-state index is 0.0844. The van der Waals surface area contributed by atoms with Crippen LogP contribution in [0.1, 0.15) is 16.1 Å². The first-order valence-electron chi connectivity index (χ1n) is 5.34. The third-order valence-corrected chi connectivity index (χ3v) is 2.44. The van der Waals surface area contributed by atoms with E-state index in [1.165, 1.54) is 6.07 Å². The molecule has 2 aromatic rings. The number of hydrogen-bond acceptors (Lipinski definition) is 4. The van der Waals surface area contributed by atoms with Gasteiger partial charge in [0.05, 0.1) is 5.56 Å². The second kappa shape index (κ2) is 4.75. The molecule has 0 saturated carbocycles. The summed E-state index contributed by atoms with van der Waals surface area (Å²) >= 11 is 0. The molecule has 0 atom stereocenters. The van der Waals surface area contributed by atoms with Crippen molar-refractivity contribution in [3.63, 3.8) is 0 Å². The fourth-order valence-corrected chi connectivity index (χ4v) is 1.51. The SMILES string of the molecule is Cc1oc(=O)c(N)cc1C(=O)Nc1ccccc1. The van der Waals surface area contributed by atoms with E-state index in [1.54, 1.807) is 19.1 Å². The van der Waals surface area contributed by atoms with Crippen LogP contribution in [0.5, 0.6) is 0 Å². The highest BCUT2D eigenvalue weighted by molar-refractivity contribution is 6.05. The molecule has 0 spiro atoms. The largest absolute Gasteiger partial charge is 0.426 e. The number of amides is 1. The lowest BCUT2D eigenvalue weighted by Gasteiger charge is -2.07. The Morgan fingerprint density at radius 2 is 1.94 bits per heavy atom. The maximum atomic E-state index is 12.0. The first-order chi connectivity index (χ1) is 8.58. The second-order valence-corrected chi connectivity index (χ2v) is 3.78. The number of nitrogens with two attached hydrogens (primary N) is 1. The van der Waals surface area contributed by atoms with Crippen molar-refractivity contribution in [1.29, 1.82) is 0 Å². The van der Waals surface area contributed by atoms with Gasteiger partial charge in [0.15, 0.2) is 0 Å². The molecule has 92 valence electrons. The van der Waals surface area contributed by atoms with Gasteiger partial charge in [0, 0.05) is 5.69 Å². The normalized spacial score (nSPS) is 10.1. The molecule has 0 unspecified atom stereocenters. The number of benzene rings is 1. The van der Waals surface area contributed by atoms with Crippen LogP contribution in [0.25, 0.3) is 0 Å². The van der Waals surface area contributed by atoms with Crippen molar-refractivity contribution in [2.45, 2.75) is 6.92 Å². The van der Waals surface area contributed by atoms with E-state index in [-0.39, 0.29) is 22.9 Å². The third kappa shape index (κ3) is 2.40. The molecule has 0 bridgehead atoms. The lowest BCUT2D eigenvalue weighted by molar-refractivity contribution is 0.102. The fraction of sp³-hybridized carbons (Fsp3) is 0.0769. The summed E-state index contributed by atoms with van der Waals surface area (Å²) in [6.07, 6.45) is 0. The highest BCUT2D eigenvalue weighted by atomic mass is 16.4. The Hall–Kier alpha value is -2.56. The molecule has 5 heteroatoms. The Bertz CT molecular complexity index is 632. The average molecular weight is 244 g/mol. The van der Waals surface area contributed by atoms with Crippen molar-refractivity contribution in [3.8, 4) is 0 Å². The predicted molar refractivity (Wildman–Crippen MR) is 68.5 cm³/mol. The van der Waals surface area contributed by atoms with Crippen LogP contribution < -0.4 is 16.7 Å². The molecule has 1 heterocycles. The number of aryl methyl sites for hydroxylation is 1. The van der Waals surface area contributed by atoms with E-state index in [0.717, 1.165) is 0 Å². The van der Waals surface area contributed by atoms with Gasteiger partial charge < -0.3 is 15.5 Å². The van der Waals surface area contributed by atoms with Crippen LogP contribution in [0.4, 0.5) is 11.4 Å². The number of anilines is 2. The quantitative estimate of drug-likeness (QED) is 0.843. The van der Waals surface area contributed by atoms with Crippen LogP contribution in [0.3, 0.4) is 0 Å².